The van der Waals surface area contributed by atoms with Crippen molar-refractivity contribution in [3.63, 3.8) is 0 Å². The molecule has 5 nitrogen and oxygen atoms in total. The summed E-state index contributed by atoms with van der Waals surface area (Å²) in [5, 5.41) is 8.50. The molecule has 2 atom stereocenters. The number of benzene rings is 1. The van der Waals surface area contributed by atoms with Gasteiger partial charge in [-0.15, -0.1) is 0 Å². The first-order valence-electron chi connectivity index (χ1n) is 6.12. The van der Waals surface area contributed by atoms with Gasteiger partial charge in [0.25, 0.3) is 5.91 Å². The average molecular weight is 245 g/mol. The Bertz CT molecular complexity index is 488. The van der Waals surface area contributed by atoms with E-state index in [1.54, 1.807) is 0 Å². The van der Waals surface area contributed by atoms with Gasteiger partial charge in [-0.05, 0) is 24.9 Å². The summed E-state index contributed by atoms with van der Waals surface area (Å²) in [6, 6.07) is 9.71. The van der Waals surface area contributed by atoms with E-state index in [1.807, 2.05) is 30.3 Å². The van der Waals surface area contributed by atoms with Crippen LogP contribution in [0.15, 0.2) is 30.3 Å². The van der Waals surface area contributed by atoms with E-state index >= 15 is 0 Å². The summed E-state index contributed by atoms with van der Waals surface area (Å²) in [5.74, 6) is -0.199. The molecule has 1 aromatic rings. The molecule has 0 saturated carbocycles. The van der Waals surface area contributed by atoms with Crippen LogP contribution in [-0.2, 0) is 4.79 Å². The van der Waals surface area contributed by atoms with Gasteiger partial charge in [-0.25, -0.2) is 4.79 Å². The highest BCUT2D eigenvalue weighted by molar-refractivity contribution is 6.07. The molecular formula is C13H15N3O2. The summed E-state index contributed by atoms with van der Waals surface area (Å²) < 4.78 is 0. The van der Waals surface area contributed by atoms with Crippen molar-refractivity contribution in [1.82, 2.24) is 16.0 Å². The SMILES string of the molecule is O=C1NC(=O)C2(CCNC(c3ccccc3)C2)N1. The van der Waals surface area contributed by atoms with E-state index in [-0.39, 0.29) is 18.0 Å². The standard InChI is InChI=1S/C13H15N3O2/c17-11-13(16-12(18)15-11)6-7-14-10(8-13)9-4-2-1-3-5-9/h1-5,10,14H,6-8H2,(H2,15,16,17,18). The Kier molecular flexibility index (Phi) is 2.56. The van der Waals surface area contributed by atoms with E-state index in [0.717, 1.165) is 5.56 Å². The number of carbonyl (C=O) groups excluding carboxylic acids is 2. The molecule has 2 fully saturated rings. The van der Waals surface area contributed by atoms with Crippen LogP contribution in [0.4, 0.5) is 4.79 Å². The summed E-state index contributed by atoms with van der Waals surface area (Å²) in [6.07, 6.45) is 1.22. The lowest BCUT2D eigenvalue weighted by Gasteiger charge is -2.36. The first-order valence-corrected chi connectivity index (χ1v) is 6.12. The third-order valence-corrected chi connectivity index (χ3v) is 3.71. The van der Waals surface area contributed by atoms with Crippen molar-refractivity contribution < 1.29 is 9.59 Å². The molecule has 3 amide bonds. The number of nitrogens with one attached hydrogen (secondary N) is 3. The van der Waals surface area contributed by atoms with Crippen molar-refractivity contribution >= 4 is 11.9 Å². The van der Waals surface area contributed by atoms with Gasteiger partial charge in [0.05, 0.1) is 0 Å². The molecule has 2 aliphatic rings. The second-order valence-corrected chi connectivity index (χ2v) is 4.86. The molecule has 18 heavy (non-hydrogen) atoms. The van der Waals surface area contributed by atoms with E-state index < -0.39 is 5.54 Å². The van der Waals surface area contributed by atoms with Crippen LogP contribution < -0.4 is 16.0 Å². The second kappa shape index (κ2) is 4.10. The van der Waals surface area contributed by atoms with Crippen LogP contribution in [-0.4, -0.2) is 24.0 Å². The van der Waals surface area contributed by atoms with Gasteiger partial charge in [-0.1, -0.05) is 30.3 Å². The first-order chi connectivity index (χ1) is 8.70. The van der Waals surface area contributed by atoms with E-state index in [4.69, 9.17) is 0 Å². The lowest BCUT2D eigenvalue weighted by molar-refractivity contribution is -0.125. The van der Waals surface area contributed by atoms with Crippen LogP contribution >= 0.6 is 0 Å². The van der Waals surface area contributed by atoms with Crippen molar-refractivity contribution in [2.24, 2.45) is 0 Å². The topological polar surface area (TPSA) is 70.2 Å². The minimum Gasteiger partial charge on any atom is -0.323 e. The number of piperidine rings is 1. The fourth-order valence-corrected chi connectivity index (χ4v) is 2.75. The molecule has 0 bridgehead atoms. The molecule has 0 aromatic heterocycles. The van der Waals surface area contributed by atoms with E-state index in [0.29, 0.717) is 19.4 Å². The maximum Gasteiger partial charge on any atom is 0.322 e. The van der Waals surface area contributed by atoms with Crippen LogP contribution in [0.5, 0.6) is 0 Å². The fourth-order valence-electron chi connectivity index (χ4n) is 2.75. The molecular weight excluding hydrogens is 230 g/mol. The molecule has 3 N–H and O–H groups in total. The van der Waals surface area contributed by atoms with E-state index in [9.17, 15) is 9.59 Å². The zero-order chi connectivity index (χ0) is 12.6. The van der Waals surface area contributed by atoms with Crippen LogP contribution in [0, 0.1) is 0 Å². The number of hydrogen-bond donors (Lipinski definition) is 3. The Labute approximate surface area is 105 Å². The van der Waals surface area contributed by atoms with Crippen LogP contribution in [0.3, 0.4) is 0 Å². The highest BCUT2D eigenvalue weighted by Gasteiger charge is 2.49. The second-order valence-electron chi connectivity index (χ2n) is 4.86. The van der Waals surface area contributed by atoms with Crippen molar-refractivity contribution in [1.29, 1.82) is 0 Å². The summed E-state index contributed by atoms with van der Waals surface area (Å²) in [6.45, 7) is 0.716. The van der Waals surface area contributed by atoms with Gasteiger partial charge in [-0.3, -0.25) is 10.1 Å². The Hall–Kier alpha value is -1.88. The Morgan fingerprint density at radius 3 is 2.61 bits per heavy atom. The predicted molar refractivity (Wildman–Crippen MR) is 65.8 cm³/mol. The van der Waals surface area contributed by atoms with E-state index in [2.05, 4.69) is 16.0 Å². The smallest absolute Gasteiger partial charge is 0.322 e. The fraction of sp³-hybridized carbons (Fsp3) is 0.385. The van der Waals surface area contributed by atoms with Crippen LogP contribution in [0.25, 0.3) is 0 Å². The minimum absolute atomic E-state index is 0.101. The van der Waals surface area contributed by atoms with Gasteiger partial charge in [0.1, 0.15) is 5.54 Å². The normalized spacial score (nSPS) is 31.2. The van der Waals surface area contributed by atoms with Gasteiger partial charge in [0.15, 0.2) is 0 Å². The molecule has 3 rings (SSSR count). The monoisotopic (exact) mass is 245 g/mol. The molecule has 2 heterocycles. The third kappa shape index (κ3) is 1.76. The predicted octanol–water partition coefficient (Wildman–Crippen LogP) is 0.689. The highest BCUT2D eigenvalue weighted by atomic mass is 16.2. The van der Waals surface area contributed by atoms with Gasteiger partial charge in [0, 0.05) is 6.04 Å². The third-order valence-electron chi connectivity index (χ3n) is 3.71. The van der Waals surface area contributed by atoms with Gasteiger partial charge in [0.2, 0.25) is 0 Å². The first kappa shape index (κ1) is 11.2. The van der Waals surface area contributed by atoms with Crippen molar-refractivity contribution in [2.45, 2.75) is 24.4 Å². The molecule has 1 spiro atoms. The molecule has 0 aliphatic carbocycles. The molecule has 2 unspecified atom stereocenters. The average Bonchev–Trinajstić information content (AvgIpc) is 2.65. The highest BCUT2D eigenvalue weighted by Crippen LogP contribution is 2.32. The maximum atomic E-state index is 11.9. The molecule has 5 heteroatoms. The largest absolute Gasteiger partial charge is 0.323 e. The number of imide groups is 1. The summed E-state index contributed by atoms with van der Waals surface area (Å²) in [5.41, 5.74) is 0.411. The van der Waals surface area contributed by atoms with Crippen molar-refractivity contribution in [3.05, 3.63) is 35.9 Å². The molecule has 94 valence electrons. The number of rotatable bonds is 1. The van der Waals surface area contributed by atoms with Gasteiger partial charge >= 0.3 is 6.03 Å². The van der Waals surface area contributed by atoms with E-state index in [1.165, 1.54) is 0 Å². The molecule has 1 aromatic carbocycles. The number of carbonyl (C=O) groups is 2. The van der Waals surface area contributed by atoms with Crippen molar-refractivity contribution in [2.75, 3.05) is 6.54 Å². The number of amides is 3. The molecule has 2 saturated heterocycles. The molecule has 0 radical (unpaired) electrons. The van der Waals surface area contributed by atoms with Crippen LogP contribution in [0.2, 0.25) is 0 Å². The zero-order valence-electron chi connectivity index (χ0n) is 9.90. The van der Waals surface area contributed by atoms with Gasteiger partial charge < -0.3 is 10.6 Å². The lowest BCUT2D eigenvalue weighted by atomic mass is 9.82. The summed E-state index contributed by atoms with van der Waals surface area (Å²) >= 11 is 0. The zero-order valence-corrected chi connectivity index (χ0v) is 9.90. The number of urea groups is 1. The number of hydrogen-bond acceptors (Lipinski definition) is 3. The van der Waals surface area contributed by atoms with Gasteiger partial charge in [-0.2, -0.15) is 0 Å². The van der Waals surface area contributed by atoms with Crippen molar-refractivity contribution in [3.8, 4) is 0 Å². The van der Waals surface area contributed by atoms with Crippen LogP contribution in [0.1, 0.15) is 24.4 Å². The summed E-state index contributed by atoms with van der Waals surface area (Å²) in [4.78, 5) is 23.2. The Balaban J connectivity index is 1.85. The quantitative estimate of drug-likeness (QED) is 0.637. The summed E-state index contributed by atoms with van der Waals surface area (Å²) in [7, 11) is 0. The minimum atomic E-state index is -0.733. The molecule has 2 aliphatic heterocycles. The maximum absolute atomic E-state index is 11.9. The Morgan fingerprint density at radius 2 is 1.94 bits per heavy atom. The Morgan fingerprint density at radius 1 is 1.17 bits per heavy atom. The lowest BCUT2D eigenvalue weighted by Crippen LogP contribution is -2.54.